The summed E-state index contributed by atoms with van der Waals surface area (Å²) in [6.07, 6.45) is 2.14. The van der Waals surface area contributed by atoms with Crippen molar-refractivity contribution in [2.24, 2.45) is 5.92 Å². The molecular weight excluding hydrogens is 342 g/mol. The van der Waals surface area contributed by atoms with Gasteiger partial charge in [-0.15, -0.1) is 0 Å². The number of fused-ring (bicyclic) bond motifs is 2. The predicted molar refractivity (Wildman–Crippen MR) is 101 cm³/mol. The van der Waals surface area contributed by atoms with Crippen LogP contribution in [-0.4, -0.2) is 36.5 Å². The Morgan fingerprint density at radius 1 is 1.07 bits per heavy atom. The molecule has 0 spiro atoms. The minimum atomic E-state index is -0.584. The van der Waals surface area contributed by atoms with Crippen LogP contribution in [0, 0.1) is 5.92 Å². The Morgan fingerprint density at radius 3 is 2.33 bits per heavy atom. The molecule has 2 aliphatic rings. The summed E-state index contributed by atoms with van der Waals surface area (Å²) in [6.45, 7) is 3.40. The van der Waals surface area contributed by atoms with Crippen LogP contribution < -0.4 is 4.74 Å². The molecule has 4 rings (SSSR count). The Hall–Kier alpha value is -2.82. The molecule has 0 radical (unpaired) electrons. The predicted octanol–water partition coefficient (Wildman–Crippen LogP) is 3.73. The Labute approximate surface area is 158 Å². The Kier molecular flexibility index (Phi) is 4.84. The summed E-state index contributed by atoms with van der Waals surface area (Å²) in [7, 11) is 0. The van der Waals surface area contributed by atoms with Crippen molar-refractivity contribution in [3.8, 4) is 11.5 Å². The molecule has 0 N–H and O–H groups in total. The molecule has 2 aromatic rings. The molecule has 0 aromatic heterocycles. The zero-order valence-electron chi connectivity index (χ0n) is 15.4. The van der Waals surface area contributed by atoms with E-state index < -0.39 is 11.9 Å². The van der Waals surface area contributed by atoms with Crippen molar-refractivity contribution in [3.05, 3.63) is 59.7 Å². The number of carbonyl (C=O) groups excluding carboxylic acids is 2. The Balaban J connectivity index is 1.51. The van der Waals surface area contributed by atoms with E-state index in [2.05, 4.69) is 6.92 Å². The number of para-hydroxylation sites is 2. The van der Waals surface area contributed by atoms with Gasteiger partial charge >= 0.3 is 5.97 Å². The smallest absolute Gasteiger partial charge is 0.318 e. The van der Waals surface area contributed by atoms with Crippen LogP contribution in [0.15, 0.2) is 48.5 Å². The molecule has 1 amide bonds. The molecule has 5 nitrogen and oxygen atoms in total. The average Bonchev–Trinajstić information content (AvgIpc) is 2.70. The Bertz CT molecular complexity index is 817. The van der Waals surface area contributed by atoms with Crippen LogP contribution in [0.5, 0.6) is 11.5 Å². The highest BCUT2D eigenvalue weighted by molar-refractivity contribution is 5.87. The number of esters is 1. The molecule has 27 heavy (non-hydrogen) atoms. The number of ether oxygens (including phenoxy) is 2. The number of amides is 1. The van der Waals surface area contributed by atoms with E-state index in [0.717, 1.165) is 37.1 Å². The number of piperidine rings is 1. The molecule has 2 aliphatic heterocycles. The van der Waals surface area contributed by atoms with Crippen LogP contribution in [0.1, 0.15) is 36.8 Å². The van der Waals surface area contributed by atoms with Crippen molar-refractivity contribution in [3.63, 3.8) is 0 Å². The maximum absolute atomic E-state index is 12.9. The molecule has 0 unspecified atom stereocenters. The van der Waals surface area contributed by atoms with Gasteiger partial charge in [-0.05, 0) is 30.9 Å². The lowest BCUT2D eigenvalue weighted by atomic mass is 9.88. The minimum Gasteiger partial charge on any atom is -0.457 e. The van der Waals surface area contributed by atoms with Gasteiger partial charge in [-0.2, -0.15) is 0 Å². The van der Waals surface area contributed by atoms with Crippen LogP contribution in [0.2, 0.25) is 0 Å². The second-order valence-corrected chi connectivity index (χ2v) is 7.31. The van der Waals surface area contributed by atoms with E-state index in [0.29, 0.717) is 17.4 Å². The van der Waals surface area contributed by atoms with E-state index in [-0.39, 0.29) is 12.5 Å². The summed E-state index contributed by atoms with van der Waals surface area (Å²) in [6, 6.07) is 14.9. The van der Waals surface area contributed by atoms with E-state index >= 15 is 0 Å². The maximum atomic E-state index is 12.9. The Morgan fingerprint density at radius 2 is 1.70 bits per heavy atom. The fourth-order valence-electron chi connectivity index (χ4n) is 3.89. The molecule has 2 aromatic carbocycles. The highest BCUT2D eigenvalue weighted by Gasteiger charge is 2.34. The fourth-order valence-corrected chi connectivity index (χ4v) is 3.89. The molecule has 2 heterocycles. The van der Waals surface area contributed by atoms with Crippen molar-refractivity contribution in [1.29, 1.82) is 0 Å². The quantitative estimate of drug-likeness (QED) is 0.778. The number of rotatable bonds is 3. The van der Waals surface area contributed by atoms with Crippen LogP contribution in [0.3, 0.4) is 0 Å². The molecule has 1 saturated heterocycles. The summed E-state index contributed by atoms with van der Waals surface area (Å²) in [5.74, 6) is 0.663. The van der Waals surface area contributed by atoms with Crippen molar-refractivity contribution in [2.75, 3.05) is 19.7 Å². The van der Waals surface area contributed by atoms with Gasteiger partial charge in [-0.25, -0.2) is 0 Å². The van der Waals surface area contributed by atoms with Gasteiger partial charge in [0.05, 0.1) is 0 Å². The van der Waals surface area contributed by atoms with E-state index in [9.17, 15) is 9.59 Å². The largest absolute Gasteiger partial charge is 0.457 e. The normalized spacial score (nSPS) is 18.9. The van der Waals surface area contributed by atoms with E-state index in [1.54, 1.807) is 4.90 Å². The monoisotopic (exact) mass is 365 g/mol. The van der Waals surface area contributed by atoms with Gasteiger partial charge in [-0.1, -0.05) is 43.3 Å². The number of benzene rings is 2. The van der Waals surface area contributed by atoms with Crippen molar-refractivity contribution < 1.29 is 19.1 Å². The molecular formula is C22H23NO4. The molecule has 140 valence electrons. The first kappa shape index (κ1) is 17.6. The van der Waals surface area contributed by atoms with Gasteiger partial charge in [0, 0.05) is 24.2 Å². The lowest BCUT2D eigenvalue weighted by Gasteiger charge is -2.31. The first-order valence-corrected chi connectivity index (χ1v) is 9.43. The molecule has 1 fully saturated rings. The van der Waals surface area contributed by atoms with Gasteiger partial charge in [0.25, 0.3) is 5.91 Å². The zero-order valence-corrected chi connectivity index (χ0v) is 15.4. The third kappa shape index (κ3) is 3.54. The first-order valence-electron chi connectivity index (χ1n) is 9.43. The lowest BCUT2D eigenvalue weighted by molar-refractivity contribution is -0.153. The number of carbonyl (C=O) groups is 2. The molecule has 0 aliphatic carbocycles. The number of likely N-dealkylation sites (tertiary alicyclic amines) is 1. The third-order valence-electron chi connectivity index (χ3n) is 5.26. The van der Waals surface area contributed by atoms with Crippen LogP contribution in [-0.2, 0) is 14.3 Å². The van der Waals surface area contributed by atoms with Crippen molar-refractivity contribution in [2.45, 2.75) is 25.7 Å². The summed E-state index contributed by atoms with van der Waals surface area (Å²) >= 11 is 0. The van der Waals surface area contributed by atoms with Crippen molar-refractivity contribution in [1.82, 2.24) is 4.90 Å². The number of hydrogen-bond donors (Lipinski definition) is 0. The van der Waals surface area contributed by atoms with E-state index in [1.165, 1.54) is 0 Å². The summed E-state index contributed by atoms with van der Waals surface area (Å²) < 4.78 is 11.4. The maximum Gasteiger partial charge on any atom is 0.318 e. The lowest BCUT2D eigenvalue weighted by Crippen LogP contribution is -2.41. The van der Waals surface area contributed by atoms with Crippen LogP contribution in [0.4, 0.5) is 0 Å². The van der Waals surface area contributed by atoms with Gasteiger partial charge in [0.2, 0.25) is 0 Å². The number of hydrogen-bond acceptors (Lipinski definition) is 4. The average molecular weight is 365 g/mol. The van der Waals surface area contributed by atoms with E-state index in [4.69, 9.17) is 9.47 Å². The van der Waals surface area contributed by atoms with Crippen LogP contribution >= 0.6 is 0 Å². The zero-order chi connectivity index (χ0) is 18.8. The number of nitrogens with zero attached hydrogens (tertiary/aromatic N) is 1. The first-order chi connectivity index (χ1) is 13.1. The fraction of sp³-hybridized carbons (Fsp3) is 0.364. The van der Waals surface area contributed by atoms with E-state index in [1.807, 2.05) is 48.5 Å². The SMILES string of the molecule is C[C@@H]1CCCN(C(=O)COC(=O)C2c3ccccc3Oc3ccccc32)C1. The van der Waals surface area contributed by atoms with Gasteiger partial charge in [-0.3, -0.25) is 9.59 Å². The molecule has 0 bridgehead atoms. The van der Waals surface area contributed by atoms with Gasteiger partial charge < -0.3 is 14.4 Å². The highest BCUT2D eigenvalue weighted by atomic mass is 16.5. The minimum absolute atomic E-state index is 0.122. The highest BCUT2D eigenvalue weighted by Crippen LogP contribution is 2.44. The standard InChI is InChI=1S/C22H23NO4/c1-15-7-6-12-23(13-15)20(24)14-26-22(25)21-16-8-2-4-10-18(16)27-19-11-5-3-9-17(19)21/h2-5,8-11,15,21H,6-7,12-14H2,1H3/t15-/m1/s1. The third-order valence-corrected chi connectivity index (χ3v) is 5.26. The van der Waals surface area contributed by atoms with Crippen molar-refractivity contribution >= 4 is 11.9 Å². The summed E-state index contributed by atoms with van der Waals surface area (Å²) in [5.41, 5.74) is 1.53. The molecule has 1 atom stereocenters. The topological polar surface area (TPSA) is 55.8 Å². The summed E-state index contributed by atoms with van der Waals surface area (Å²) in [5, 5.41) is 0. The molecule has 0 saturated carbocycles. The summed E-state index contributed by atoms with van der Waals surface area (Å²) in [4.78, 5) is 27.2. The van der Waals surface area contributed by atoms with Crippen LogP contribution in [0.25, 0.3) is 0 Å². The molecule has 5 heteroatoms. The van der Waals surface area contributed by atoms with Gasteiger partial charge in [0.1, 0.15) is 17.4 Å². The van der Waals surface area contributed by atoms with Gasteiger partial charge in [0.15, 0.2) is 6.61 Å². The second-order valence-electron chi connectivity index (χ2n) is 7.31. The second kappa shape index (κ2) is 7.43.